The van der Waals surface area contributed by atoms with Crippen LogP contribution in [0.2, 0.25) is 5.02 Å². The molecule has 0 saturated carbocycles. The number of unbranched alkanes of at least 4 members (excludes halogenated alkanes) is 1. The molecule has 1 unspecified atom stereocenters. The summed E-state index contributed by atoms with van der Waals surface area (Å²) in [6, 6.07) is 5.15. The van der Waals surface area contributed by atoms with E-state index in [-0.39, 0.29) is 6.10 Å². The topological polar surface area (TPSA) is 58.6 Å². The molecule has 1 aromatic rings. The number of anilines is 1. The number of carbonyl (C=O) groups is 1. The molecule has 0 fully saturated rings. The second-order valence-electron chi connectivity index (χ2n) is 4.46. The Labute approximate surface area is 118 Å². The molecule has 0 bridgehead atoms. The van der Waals surface area contributed by atoms with Crippen LogP contribution in [0.25, 0.3) is 0 Å². The first kappa shape index (κ1) is 15.8. The van der Waals surface area contributed by atoms with E-state index in [4.69, 9.17) is 16.7 Å². The Bertz CT molecular complexity index is 421. The summed E-state index contributed by atoms with van der Waals surface area (Å²) in [4.78, 5) is 11.4. The number of hydrogen-bond donors (Lipinski definition) is 2. The molecule has 1 aromatic carbocycles. The molecule has 4 nitrogen and oxygen atoms in total. The Morgan fingerprint density at radius 1 is 1.47 bits per heavy atom. The molecule has 0 amide bonds. The van der Waals surface area contributed by atoms with Crippen LogP contribution in [0.3, 0.4) is 0 Å². The number of rotatable bonds is 7. The summed E-state index contributed by atoms with van der Waals surface area (Å²) in [5.41, 5.74) is 1.23. The molecule has 0 spiro atoms. The maximum Gasteiger partial charge on any atom is 0.339 e. The molecule has 2 N–H and O–H groups in total. The predicted octanol–water partition coefficient (Wildman–Crippen LogP) is 3.09. The summed E-state index contributed by atoms with van der Waals surface area (Å²) in [7, 11) is 1.33. The van der Waals surface area contributed by atoms with Gasteiger partial charge in [-0.2, -0.15) is 0 Å². The van der Waals surface area contributed by atoms with E-state index in [1.165, 1.54) is 7.11 Å². The minimum absolute atomic E-state index is 0.242. The minimum Gasteiger partial charge on any atom is -0.465 e. The Hall–Kier alpha value is -1.26. The maximum absolute atomic E-state index is 11.4. The number of methoxy groups -OCH3 is 1. The molecule has 0 saturated heterocycles. The van der Waals surface area contributed by atoms with Crippen molar-refractivity contribution in [2.75, 3.05) is 19.0 Å². The van der Waals surface area contributed by atoms with Crippen molar-refractivity contribution in [1.82, 2.24) is 0 Å². The monoisotopic (exact) mass is 285 g/mol. The smallest absolute Gasteiger partial charge is 0.339 e. The maximum atomic E-state index is 11.4. The molecule has 0 aliphatic rings. The third-order valence-electron chi connectivity index (χ3n) is 2.75. The third-order valence-corrected chi connectivity index (χ3v) is 3.06. The van der Waals surface area contributed by atoms with Gasteiger partial charge in [-0.15, -0.1) is 0 Å². The second-order valence-corrected chi connectivity index (χ2v) is 4.86. The standard InChI is InChI=1S/C14H20ClNO3/c1-10(17)5-3-4-8-16-11-6-7-12(13(15)9-11)14(18)19-2/h6-7,9-10,16-17H,3-5,8H2,1-2H3. The van der Waals surface area contributed by atoms with E-state index >= 15 is 0 Å². The van der Waals surface area contributed by atoms with E-state index in [2.05, 4.69) is 10.1 Å². The number of aliphatic hydroxyl groups excluding tert-OH is 1. The Balaban J connectivity index is 2.43. The zero-order valence-corrected chi connectivity index (χ0v) is 12.0. The Morgan fingerprint density at radius 2 is 2.21 bits per heavy atom. The molecular formula is C14H20ClNO3. The average Bonchev–Trinajstić information content (AvgIpc) is 2.37. The van der Waals surface area contributed by atoms with Crippen LogP contribution in [-0.2, 0) is 4.74 Å². The number of benzene rings is 1. The quantitative estimate of drug-likeness (QED) is 0.597. The van der Waals surface area contributed by atoms with E-state index < -0.39 is 5.97 Å². The Kier molecular flexibility index (Phi) is 6.67. The highest BCUT2D eigenvalue weighted by Crippen LogP contribution is 2.21. The number of aliphatic hydroxyl groups is 1. The van der Waals surface area contributed by atoms with E-state index in [9.17, 15) is 4.79 Å². The molecule has 0 aromatic heterocycles. The minimum atomic E-state index is -0.437. The van der Waals surface area contributed by atoms with Crippen molar-refractivity contribution in [2.24, 2.45) is 0 Å². The van der Waals surface area contributed by atoms with Gasteiger partial charge in [0.05, 0.1) is 23.8 Å². The van der Waals surface area contributed by atoms with Gasteiger partial charge >= 0.3 is 5.97 Å². The zero-order valence-electron chi connectivity index (χ0n) is 11.3. The molecule has 0 aliphatic heterocycles. The van der Waals surface area contributed by atoms with Crippen LogP contribution in [0.5, 0.6) is 0 Å². The fourth-order valence-corrected chi connectivity index (χ4v) is 1.96. The molecule has 19 heavy (non-hydrogen) atoms. The molecule has 0 radical (unpaired) electrons. The van der Waals surface area contributed by atoms with Gasteiger partial charge in [0.15, 0.2) is 0 Å². The van der Waals surface area contributed by atoms with E-state index in [1.54, 1.807) is 25.1 Å². The lowest BCUT2D eigenvalue weighted by Gasteiger charge is -2.09. The van der Waals surface area contributed by atoms with Crippen molar-refractivity contribution in [3.63, 3.8) is 0 Å². The number of ether oxygens (including phenoxy) is 1. The third kappa shape index (κ3) is 5.49. The SMILES string of the molecule is COC(=O)c1ccc(NCCCCC(C)O)cc1Cl. The molecular weight excluding hydrogens is 266 g/mol. The second kappa shape index (κ2) is 8.02. The van der Waals surface area contributed by atoms with Crippen molar-refractivity contribution in [3.8, 4) is 0 Å². The van der Waals surface area contributed by atoms with Gasteiger partial charge in [0.1, 0.15) is 0 Å². The van der Waals surface area contributed by atoms with Gasteiger partial charge in [0.25, 0.3) is 0 Å². The fraction of sp³-hybridized carbons (Fsp3) is 0.500. The summed E-state index contributed by atoms with van der Waals surface area (Å²) >= 11 is 6.01. The lowest BCUT2D eigenvalue weighted by atomic mass is 10.1. The van der Waals surface area contributed by atoms with Gasteiger partial charge in [-0.1, -0.05) is 11.6 Å². The van der Waals surface area contributed by atoms with Crippen LogP contribution in [0.15, 0.2) is 18.2 Å². The largest absolute Gasteiger partial charge is 0.465 e. The number of nitrogens with one attached hydrogen (secondary N) is 1. The van der Waals surface area contributed by atoms with Gasteiger partial charge in [0.2, 0.25) is 0 Å². The van der Waals surface area contributed by atoms with Crippen LogP contribution < -0.4 is 5.32 Å². The summed E-state index contributed by atoms with van der Waals surface area (Å²) in [5, 5.41) is 12.7. The average molecular weight is 286 g/mol. The van der Waals surface area contributed by atoms with Gasteiger partial charge in [-0.25, -0.2) is 4.79 Å². The van der Waals surface area contributed by atoms with Crippen molar-refractivity contribution < 1.29 is 14.6 Å². The summed E-state index contributed by atoms with van der Waals surface area (Å²) in [6.07, 6.45) is 2.51. The summed E-state index contributed by atoms with van der Waals surface area (Å²) in [5.74, 6) is -0.437. The first-order chi connectivity index (χ1) is 9.04. The van der Waals surface area contributed by atoms with Gasteiger partial charge in [-0.05, 0) is 44.4 Å². The van der Waals surface area contributed by atoms with Crippen LogP contribution in [-0.4, -0.2) is 30.8 Å². The molecule has 0 aliphatic carbocycles. The molecule has 106 valence electrons. The number of esters is 1. The first-order valence-corrected chi connectivity index (χ1v) is 6.72. The van der Waals surface area contributed by atoms with E-state index in [0.717, 1.165) is 31.5 Å². The van der Waals surface area contributed by atoms with Crippen LogP contribution in [0.4, 0.5) is 5.69 Å². The number of hydrogen-bond acceptors (Lipinski definition) is 4. The molecule has 5 heteroatoms. The highest BCUT2D eigenvalue weighted by molar-refractivity contribution is 6.33. The predicted molar refractivity (Wildman–Crippen MR) is 76.8 cm³/mol. The summed E-state index contributed by atoms with van der Waals surface area (Å²) in [6.45, 7) is 2.60. The normalized spacial score (nSPS) is 12.0. The molecule has 1 atom stereocenters. The zero-order chi connectivity index (χ0) is 14.3. The lowest BCUT2D eigenvalue weighted by Crippen LogP contribution is -2.06. The van der Waals surface area contributed by atoms with E-state index in [1.807, 2.05) is 0 Å². The van der Waals surface area contributed by atoms with Crippen molar-refractivity contribution in [2.45, 2.75) is 32.3 Å². The highest BCUT2D eigenvalue weighted by Gasteiger charge is 2.10. The van der Waals surface area contributed by atoms with Crippen LogP contribution in [0, 0.1) is 0 Å². The van der Waals surface area contributed by atoms with Crippen molar-refractivity contribution in [3.05, 3.63) is 28.8 Å². The first-order valence-electron chi connectivity index (χ1n) is 6.34. The van der Waals surface area contributed by atoms with Crippen molar-refractivity contribution in [1.29, 1.82) is 0 Å². The fourth-order valence-electron chi connectivity index (χ4n) is 1.70. The number of halogens is 1. The van der Waals surface area contributed by atoms with Gasteiger partial charge in [-0.3, -0.25) is 0 Å². The Morgan fingerprint density at radius 3 is 2.79 bits per heavy atom. The van der Waals surface area contributed by atoms with Crippen LogP contribution in [0.1, 0.15) is 36.5 Å². The van der Waals surface area contributed by atoms with Crippen LogP contribution >= 0.6 is 11.6 Å². The lowest BCUT2D eigenvalue weighted by molar-refractivity contribution is 0.0601. The van der Waals surface area contributed by atoms with Gasteiger partial charge < -0.3 is 15.2 Å². The van der Waals surface area contributed by atoms with Gasteiger partial charge in [0, 0.05) is 12.2 Å². The summed E-state index contributed by atoms with van der Waals surface area (Å²) < 4.78 is 4.62. The number of carbonyl (C=O) groups excluding carboxylic acids is 1. The molecule has 0 heterocycles. The van der Waals surface area contributed by atoms with E-state index in [0.29, 0.717) is 10.6 Å². The molecule has 1 rings (SSSR count). The highest BCUT2D eigenvalue weighted by atomic mass is 35.5. The van der Waals surface area contributed by atoms with Crippen molar-refractivity contribution >= 4 is 23.3 Å².